The molecule has 0 aliphatic heterocycles. The Labute approximate surface area is 146 Å². The van der Waals surface area contributed by atoms with Gasteiger partial charge < -0.3 is 4.74 Å². The molecule has 0 heterocycles. The molecular formula is C22H19FO2. The molecule has 0 aliphatic carbocycles. The third kappa shape index (κ3) is 3.61. The van der Waals surface area contributed by atoms with Gasteiger partial charge >= 0.3 is 5.97 Å². The van der Waals surface area contributed by atoms with E-state index in [4.69, 9.17) is 4.74 Å². The van der Waals surface area contributed by atoms with E-state index < -0.39 is 0 Å². The maximum atomic E-state index is 13.5. The molecule has 2 nitrogen and oxygen atoms in total. The van der Waals surface area contributed by atoms with Crippen molar-refractivity contribution >= 4 is 22.3 Å². The lowest BCUT2D eigenvalue weighted by molar-refractivity contribution is 0.0601. The summed E-state index contributed by atoms with van der Waals surface area (Å²) in [6, 6.07) is 16.4. The van der Waals surface area contributed by atoms with Crippen LogP contribution in [-0.4, -0.2) is 13.1 Å². The SMILES string of the molecule is C=C(C)c1cc(F)ccc1Cc1ccc2cc(C(=O)OC)ccc2c1. The highest BCUT2D eigenvalue weighted by Gasteiger charge is 2.09. The normalized spacial score (nSPS) is 10.7. The average molecular weight is 334 g/mol. The zero-order valence-electron chi connectivity index (χ0n) is 14.3. The van der Waals surface area contributed by atoms with Crippen LogP contribution in [0.4, 0.5) is 4.39 Å². The van der Waals surface area contributed by atoms with Crippen molar-refractivity contribution in [1.29, 1.82) is 0 Å². The number of hydrogen-bond donors (Lipinski definition) is 0. The van der Waals surface area contributed by atoms with Crippen molar-refractivity contribution in [3.05, 3.63) is 89.2 Å². The summed E-state index contributed by atoms with van der Waals surface area (Å²) >= 11 is 0. The van der Waals surface area contributed by atoms with Crippen LogP contribution in [0, 0.1) is 5.82 Å². The number of hydrogen-bond acceptors (Lipinski definition) is 2. The Bertz CT molecular complexity index is 973. The highest BCUT2D eigenvalue weighted by atomic mass is 19.1. The van der Waals surface area contributed by atoms with Crippen molar-refractivity contribution in [2.45, 2.75) is 13.3 Å². The predicted octanol–water partition coefficient (Wildman–Crippen LogP) is 5.39. The molecule has 0 aliphatic rings. The first-order valence-electron chi connectivity index (χ1n) is 8.03. The maximum Gasteiger partial charge on any atom is 0.337 e. The van der Waals surface area contributed by atoms with E-state index in [1.165, 1.54) is 19.2 Å². The summed E-state index contributed by atoms with van der Waals surface area (Å²) in [4.78, 5) is 11.6. The van der Waals surface area contributed by atoms with Crippen LogP contribution in [0.2, 0.25) is 0 Å². The molecule has 0 bridgehead atoms. The summed E-state index contributed by atoms with van der Waals surface area (Å²) in [5.74, 6) is -0.598. The van der Waals surface area contributed by atoms with Crippen LogP contribution in [-0.2, 0) is 11.2 Å². The van der Waals surface area contributed by atoms with Gasteiger partial charge in [-0.3, -0.25) is 0 Å². The second kappa shape index (κ2) is 6.89. The van der Waals surface area contributed by atoms with E-state index in [0.29, 0.717) is 12.0 Å². The third-order valence-corrected chi connectivity index (χ3v) is 4.25. The molecule has 3 aromatic carbocycles. The molecule has 126 valence electrons. The van der Waals surface area contributed by atoms with E-state index in [0.717, 1.165) is 33.0 Å². The van der Waals surface area contributed by atoms with Crippen molar-refractivity contribution in [3.63, 3.8) is 0 Å². The summed E-state index contributed by atoms with van der Waals surface area (Å²) in [5.41, 5.74) is 4.39. The Morgan fingerprint density at radius 1 is 1.04 bits per heavy atom. The van der Waals surface area contributed by atoms with Crippen LogP contribution in [0.25, 0.3) is 16.3 Å². The molecule has 3 aromatic rings. The number of methoxy groups -OCH3 is 1. The molecule has 25 heavy (non-hydrogen) atoms. The minimum absolute atomic E-state index is 0.254. The molecule has 0 aromatic heterocycles. The predicted molar refractivity (Wildman–Crippen MR) is 99.2 cm³/mol. The van der Waals surface area contributed by atoms with Gasteiger partial charge in [0.15, 0.2) is 0 Å². The lowest BCUT2D eigenvalue weighted by atomic mass is 9.94. The molecule has 3 rings (SSSR count). The van der Waals surface area contributed by atoms with E-state index in [1.807, 2.05) is 37.3 Å². The van der Waals surface area contributed by atoms with Gasteiger partial charge in [0.25, 0.3) is 0 Å². The number of halogens is 1. The van der Waals surface area contributed by atoms with Gasteiger partial charge in [0.05, 0.1) is 12.7 Å². The number of ether oxygens (including phenoxy) is 1. The Morgan fingerprint density at radius 2 is 1.76 bits per heavy atom. The van der Waals surface area contributed by atoms with Gasteiger partial charge in [0, 0.05) is 0 Å². The Morgan fingerprint density at radius 3 is 2.48 bits per heavy atom. The minimum Gasteiger partial charge on any atom is -0.465 e. The molecular weight excluding hydrogens is 315 g/mol. The molecule has 0 radical (unpaired) electrons. The maximum absolute atomic E-state index is 13.5. The molecule has 0 saturated heterocycles. The second-order valence-corrected chi connectivity index (χ2v) is 6.15. The summed E-state index contributed by atoms with van der Waals surface area (Å²) in [6.07, 6.45) is 0.692. The quantitative estimate of drug-likeness (QED) is 0.598. The number of fused-ring (bicyclic) bond motifs is 1. The summed E-state index contributed by atoms with van der Waals surface area (Å²) < 4.78 is 18.3. The molecule has 0 unspecified atom stereocenters. The number of esters is 1. The molecule has 0 fully saturated rings. The number of carbonyl (C=O) groups is 1. The zero-order valence-corrected chi connectivity index (χ0v) is 14.3. The minimum atomic E-state index is -0.344. The first-order chi connectivity index (χ1) is 12.0. The summed E-state index contributed by atoms with van der Waals surface area (Å²) in [5, 5.41) is 2.02. The zero-order chi connectivity index (χ0) is 18.0. The van der Waals surface area contributed by atoms with Crippen LogP contribution in [0.15, 0.2) is 61.2 Å². The van der Waals surface area contributed by atoms with E-state index in [2.05, 4.69) is 12.6 Å². The van der Waals surface area contributed by atoms with E-state index >= 15 is 0 Å². The van der Waals surface area contributed by atoms with Gasteiger partial charge in [-0.2, -0.15) is 0 Å². The summed E-state index contributed by atoms with van der Waals surface area (Å²) in [6.45, 7) is 5.82. The molecule has 0 amide bonds. The highest BCUT2D eigenvalue weighted by Crippen LogP contribution is 2.24. The van der Waals surface area contributed by atoms with E-state index in [1.54, 1.807) is 6.07 Å². The van der Waals surface area contributed by atoms with Crippen molar-refractivity contribution in [2.24, 2.45) is 0 Å². The largest absolute Gasteiger partial charge is 0.465 e. The smallest absolute Gasteiger partial charge is 0.337 e. The van der Waals surface area contributed by atoms with Crippen molar-refractivity contribution in [1.82, 2.24) is 0 Å². The topological polar surface area (TPSA) is 26.3 Å². The molecule has 0 saturated carbocycles. The number of rotatable bonds is 4. The number of benzene rings is 3. The van der Waals surface area contributed by atoms with Gasteiger partial charge in [-0.15, -0.1) is 0 Å². The lowest BCUT2D eigenvalue weighted by Gasteiger charge is -2.11. The standard InChI is InChI=1S/C22H19FO2/c1-14(2)21-13-20(23)9-8-18(21)11-15-4-5-17-12-19(22(24)25-3)7-6-16(17)10-15/h4-10,12-13H,1,11H2,2-3H3. The monoisotopic (exact) mass is 334 g/mol. The fourth-order valence-electron chi connectivity index (χ4n) is 2.97. The Kier molecular flexibility index (Phi) is 4.66. The fraction of sp³-hybridized carbons (Fsp3) is 0.136. The number of carbonyl (C=O) groups excluding carboxylic acids is 1. The Hall–Kier alpha value is -2.94. The van der Waals surface area contributed by atoms with Crippen molar-refractivity contribution in [3.8, 4) is 0 Å². The Balaban J connectivity index is 1.95. The van der Waals surface area contributed by atoms with Crippen molar-refractivity contribution < 1.29 is 13.9 Å². The van der Waals surface area contributed by atoms with Crippen LogP contribution < -0.4 is 0 Å². The van der Waals surface area contributed by atoms with Crippen molar-refractivity contribution in [2.75, 3.05) is 7.11 Å². The van der Waals surface area contributed by atoms with Crippen LogP contribution >= 0.6 is 0 Å². The van der Waals surface area contributed by atoms with Crippen LogP contribution in [0.5, 0.6) is 0 Å². The molecule has 0 atom stereocenters. The molecule has 3 heteroatoms. The lowest BCUT2D eigenvalue weighted by Crippen LogP contribution is -2.00. The number of allylic oxidation sites excluding steroid dienone is 1. The van der Waals surface area contributed by atoms with Gasteiger partial charge in [-0.05, 0) is 65.1 Å². The first-order valence-corrected chi connectivity index (χ1v) is 8.03. The van der Waals surface area contributed by atoms with E-state index in [9.17, 15) is 9.18 Å². The van der Waals surface area contributed by atoms with Crippen LogP contribution in [0.1, 0.15) is 34.0 Å². The van der Waals surface area contributed by atoms with E-state index in [-0.39, 0.29) is 11.8 Å². The van der Waals surface area contributed by atoms with Gasteiger partial charge in [-0.1, -0.05) is 42.5 Å². The van der Waals surface area contributed by atoms with Gasteiger partial charge in [0.1, 0.15) is 5.82 Å². The van der Waals surface area contributed by atoms with Gasteiger partial charge in [-0.25, -0.2) is 9.18 Å². The average Bonchev–Trinajstić information content (AvgIpc) is 2.61. The molecule has 0 spiro atoms. The fourth-order valence-corrected chi connectivity index (χ4v) is 2.97. The molecule has 0 N–H and O–H groups in total. The second-order valence-electron chi connectivity index (χ2n) is 6.15. The first kappa shape index (κ1) is 16.9. The summed E-state index contributed by atoms with van der Waals surface area (Å²) in [7, 11) is 1.37. The highest BCUT2D eigenvalue weighted by molar-refractivity contribution is 5.95. The van der Waals surface area contributed by atoms with Gasteiger partial charge in [0.2, 0.25) is 0 Å². The third-order valence-electron chi connectivity index (χ3n) is 4.25. The van der Waals surface area contributed by atoms with Crippen LogP contribution in [0.3, 0.4) is 0 Å².